The molecule has 0 amide bonds. The van der Waals surface area contributed by atoms with Crippen LogP contribution in [0.15, 0.2) is 109 Å². The zero-order chi connectivity index (χ0) is 37.5. The van der Waals surface area contributed by atoms with Crippen LogP contribution in [0.1, 0.15) is 109 Å². The number of rotatable bonds is 11. The molecule has 0 aliphatic heterocycles. The van der Waals surface area contributed by atoms with Gasteiger partial charge in [-0.25, -0.2) is 0 Å². The smallest absolute Gasteiger partial charge is 0.127 e. The third-order valence-corrected chi connectivity index (χ3v) is 15.1. The molecule has 4 aliphatic carbocycles. The quantitative estimate of drug-likeness (QED) is 0.0918. The van der Waals surface area contributed by atoms with Crippen LogP contribution in [-0.2, 0) is 5.41 Å². The van der Waals surface area contributed by atoms with Crippen LogP contribution < -0.4 is 20.9 Å². The van der Waals surface area contributed by atoms with Gasteiger partial charge in [0, 0.05) is 16.8 Å². The molecule has 8 rings (SSSR count). The lowest BCUT2D eigenvalue weighted by Gasteiger charge is -2.61. The van der Waals surface area contributed by atoms with Gasteiger partial charge in [0.25, 0.3) is 0 Å². The summed E-state index contributed by atoms with van der Waals surface area (Å²) in [6.45, 7) is 10.1. The van der Waals surface area contributed by atoms with Crippen molar-refractivity contribution in [3.8, 4) is 23.0 Å². The Labute approximate surface area is 324 Å². The molecule has 0 saturated heterocycles. The standard InChI is InChI=1S/C50H62N2O2/c1-34(2)7-5-6-8-35-14-28-46-45-27-13-38-33-50(32-31-49(38,4)47(45)29-30-48(35,46)3,36-9-19-41(20-10-36)53-43-23-15-39(51)16-24-43)37-11-21-42(22-12-37)54-44-25-17-40(52)18-26-44/h9-13,15-27,34-35,38,45-47H,5-8,14,28-33,51-52H2,1-4H3. The van der Waals surface area contributed by atoms with Gasteiger partial charge in [-0.15, -0.1) is 0 Å². The molecule has 7 atom stereocenters. The zero-order valence-corrected chi connectivity index (χ0v) is 33.1. The van der Waals surface area contributed by atoms with Gasteiger partial charge < -0.3 is 20.9 Å². The highest BCUT2D eigenvalue weighted by Gasteiger charge is 2.60. The summed E-state index contributed by atoms with van der Waals surface area (Å²) >= 11 is 0. The highest BCUT2D eigenvalue weighted by molar-refractivity contribution is 5.48. The minimum absolute atomic E-state index is 0.113. The highest BCUT2D eigenvalue weighted by Crippen LogP contribution is 2.68. The number of ether oxygens (including phenoxy) is 2. The van der Waals surface area contributed by atoms with Crippen molar-refractivity contribution in [1.82, 2.24) is 0 Å². The summed E-state index contributed by atoms with van der Waals surface area (Å²) in [7, 11) is 0. The molecule has 4 N–H and O–H groups in total. The molecule has 3 fully saturated rings. The third kappa shape index (κ3) is 6.95. The van der Waals surface area contributed by atoms with Gasteiger partial charge in [-0.05, 0) is 182 Å². The molecule has 0 heterocycles. The van der Waals surface area contributed by atoms with Crippen LogP contribution in [0.5, 0.6) is 23.0 Å². The largest absolute Gasteiger partial charge is 0.457 e. The van der Waals surface area contributed by atoms with Crippen LogP contribution in [-0.4, -0.2) is 0 Å². The number of unbranched alkanes of at least 4 members (excludes halogenated alkanes) is 1. The van der Waals surface area contributed by atoms with E-state index in [0.29, 0.717) is 16.7 Å². The molecular weight excluding hydrogens is 661 g/mol. The van der Waals surface area contributed by atoms with Crippen LogP contribution in [0.25, 0.3) is 0 Å². The summed E-state index contributed by atoms with van der Waals surface area (Å²) < 4.78 is 12.5. The molecule has 0 radical (unpaired) electrons. The van der Waals surface area contributed by atoms with Crippen molar-refractivity contribution in [2.75, 3.05) is 11.5 Å². The molecule has 0 spiro atoms. The maximum absolute atomic E-state index is 6.25. The van der Waals surface area contributed by atoms with Crippen LogP contribution in [0.2, 0.25) is 0 Å². The average Bonchev–Trinajstić information content (AvgIpc) is 3.51. The Hall–Kier alpha value is -4.18. The molecule has 284 valence electrons. The van der Waals surface area contributed by atoms with E-state index in [-0.39, 0.29) is 5.41 Å². The van der Waals surface area contributed by atoms with Gasteiger partial charge in [0.2, 0.25) is 0 Å². The van der Waals surface area contributed by atoms with Gasteiger partial charge >= 0.3 is 0 Å². The molecule has 54 heavy (non-hydrogen) atoms. The predicted molar refractivity (Wildman–Crippen MR) is 224 cm³/mol. The summed E-state index contributed by atoms with van der Waals surface area (Å²) in [6.07, 6.45) is 20.2. The van der Waals surface area contributed by atoms with E-state index in [2.05, 4.69) is 88.4 Å². The van der Waals surface area contributed by atoms with E-state index in [9.17, 15) is 0 Å². The molecule has 4 heteroatoms. The fourth-order valence-electron chi connectivity index (χ4n) is 11.9. The Balaban J connectivity index is 1.06. The predicted octanol–water partition coefficient (Wildman–Crippen LogP) is 13.4. The van der Waals surface area contributed by atoms with Crippen molar-refractivity contribution in [3.63, 3.8) is 0 Å². The number of allylic oxidation sites excluding steroid dienone is 2. The lowest BCUT2D eigenvalue weighted by atomic mass is 9.44. The average molecular weight is 723 g/mol. The van der Waals surface area contributed by atoms with Crippen molar-refractivity contribution in [3.05, 3.63) is 120 Å². The summed E-state index contributed by atoms with van der Waals surface area (Å²) in [5.74, 6) is 7.87. The van der Waals surface area contributed by atoms with Crippen molar-refractivity contribution < 1.29 is 9.47 Å². The maximum Gasteiger partial charge on any atom is 0.127 e. The van der Waals surface area contributed by atoms with E-state index in [1.165, 1.54) is 68.9 Å². The Kier molecular flexibility index (Phi) is 10.1. The number of anilines is 2. The first-order chi connectivity index (χ1) is 26.1. The minimum atomic E-state index is -0.113. The van der Waals surface area contributed by atoms with E-state index < -0.39 is 0 Å². The molecule has 0 bridgehead atoms. The van der Waals surface area contributed by atoms with E-state index in [1.54, 1.807) is 0 Å². The first-order valence-corrected chi connectivity index (χ1v) is 21.0. The van der Waals surface area contributed by atoms with Gasteiger partial charge in [-0.2, -0.15) is 0 Å². The molecular formula is C50H62N2O2. The molecule has 4 aliphatic rings. The summed E-state index contributed by atoms with van der Waals surface area (Å²) in [5, 5.41) is 0. The first-order valence-electron chi connectivity index (χ1n) is 21.0. The Morgan fingerprint density at radius 2 is 1.11 bits per heavy atom. The van der Waals surface area contributed by atoms with E-state index in [4.69, 9.17) is 20.9 Å². The van der Waals surface area contributed by atoms with E-state index >= 15 is 0 Å². The lowest BCUT2D eigenvalue weighted by molar-refractivity contribution is -0.0674. The third-order valence-electron chi connectivity index (χ3n) is 15.1. The number of nitrogens with two attached hydrogens (primary N) is 2. The maximum atomic E-state index is 6.25. The van der Waals surface area contributed by atoms with E-state index in [1.807, 2.05) is 48.5 Å². The van der Waals surface area contributed by atoms with Crippen LogP contribution in [0.3, 0.4) is 0 Å². The van der Waals surface area contributed by atoms with Gasteiger partial charge in [-0.1, -0.05) is 83.4 Å². The van der Waals surface area contributed by atoms with Gasteiger partial charge in [0.15, 0.2) is 0 Å². The summed E-state index contributed by atoms with van der Waals surface area (Å²) in [6, 6.07) is 33.1. The van der Waals surface area contributed by atoms with Crippen molar-refractivity contribution in [2.45, 2.75) is 104 Å². The number of fused-ring (bicyclic) bond motifs is 5. The summed E-state index contributed by atoms with van der Waals surface area (Å²) in [5.41, 5.74) is 16.8. The SMILES string of the molecule is CC(C)CCCCC1CCC2C3C=CC4CC(c5ccc(Oc6ccc(N)cc6)cc5)(c5ccc(Oc6ccc(N)cc6)cc5)CCC4(C)C3CCC12C. The second-order valence-electron chi connectivity index (χ2n) is 18.5. The molecule has 4 aromatic rings. The zero-order valence-electron chi connectivity index (χ0n) is 33.1. The summed E-state index contributed by atoms with van der Waals surface area (Å²) in [4.78, 5) is 0. The highest BCUT2D eigenvalue weighted by atomic mass is 16.5. The van der Waals surface area contributed by atoms with Crippen molar-refractivity contribution in [1.29, 1.82) is 0 Å². The second kappa shape index (κ2) is 14.8. The van der Waals surface area contributed by atoms with Gasteiger partial charge in [0.1, 0.15) is 23.0 Å². The monoisotopic (exact) mass is 722 g/mol. The molecule has 4 nitrogen and oxygen atoms in total. The lowest BCUT2D eigenvalue weighted by Crippen LogP contribution is -2.53. The van der Waals surface area contributed by atoms with Crippen LogP contribution in [0, 0.1) is 46.3 Å². The van der Waals surface area contributed by atoms with Crippen LogP contribution in [0.4, 0.5) is 11.4 Å². The molecule has 3 saturated carbocycles. The minimum Gasteiger partial charge on any atom is -0.457 e. The number of nitrogen functional groups attached to an aromatic ring is 2. The van der Waals surface area contributed by atoms with Crippen molar-refractivity contribution >= 4 is 11.4 Å². The van der Waals surface area contributed by atoms with Gasteiger partial charge in [-0.3, -0.25) is 0 Å². The molecule has 7 unspecified atom stereocenters. The molecule has 0 aromatic heterocycles. The number of benzene rings is 4. The fraction of sp³-hybridized carbons (Fsp3) is 0.480. The first kappa shape index (κ1) is 36.8. The number of hydrogen-bond acceptors (Lipinski definition) is 4. The van der Waals surface area contributed by atoms with E-state index in [0.717, 1.165) is 76.8 Å². The molecule has 4 aromatic carbocycles. The Morgan fingerprint density at radius 1 is 0.593 bits per heavy atom. The Morgan fingerprint density at radius 3 is 1.65 bits per heavy atom. The fourth-order valence-corrected chi connectivity index (χ4v) is 11.9. The number of hydrogen-bond donors (Lipinski definition) is 2. The Bertz CT molecular complexity index is 1810. The van der Waals surface area contributed by atoms with Crippen LogP contribution >= 0.6 is 0 Å². The topological polar surface area (TPSA) is 70.5 Å². The normalized spacial score (nSPS) is 29.6. The second-order valence-corrected chi connectivity index (χ2v) is 18.5. The van der Waals surface area contributed by atoms with Crippen molar-refractivity contribution in [2.24, 2.45) is 46.3 Å². The van der Waals surface area contributed by atoms with Gasteiger partial charge in [0.05, 0.1) is 0 Å².